The molecule has 122 valence electrons. The Morgan fingerprint density at radius 3 is 3.00 bits per heavy atom. The Bertz CT molecular complexity index is 491. The monoisotopic (exact) mass is 307 g/mol. The molecule has 1 amide bonds. The van der Waals surface area contributed by atoms with E-state index in [9.17, 15) is 9.90 Å². The molecule has 1 unspecified atom stereocenters. The molecular formula is C17H25NO4. The number of ether oxygens (including phenoxy) is 2. The van der Waals surface area contributed by atoms with Crippen LogP contribution in [0.1, 0.15) is 43.5 Å². The van der Waals surface area contributed by atoms with Gasteiger partial charge in [-0.1, -0.05) is 6.07 Å². The van der Waals surface area contributed by atoms with Gasteiger partial charge in [-0.25, -0.2) is 0 Å². The standard InChI is InChI=1S/C17H25NO4/c1-3-21-13(2)22-16-9-6-7-14(11-16)17(20)18-10-5-4-8-15(18)12-19/h6-7,9,11,13,15,19H,3-5,8,10,12H2,1-2H3/t13?,15-/m0/s1. The summed E-state index contributed by atoms with van der Waals surface area (Å²) in [7, 11) is 0. The molecule has 1 aliphatic rings. The van der Waals surface area contributed by atoms with Gasteiger partial charge in [0.25, 0.3) is 5.91 Å². The molecule has 1 N–H and O–H groups in total. The number of aliphatic hydroxyl groups is 1. The Kier molecular flexibility index (Phi) is 6.21. The summed E-state index contributed by atoms with van der Waals surface area (Å²) in [6.07, 6.45) is 2.56. The van der Waals surface area contributed by atoms with Gasteiger partial charge in [-0.15, -0.1) is 0 Å². The summed E-state index contributed by atoms with van der Waals surface area (Å²) in [6, 6.07) is 7.06. The fourth-order valence-electron chi connectivity index (χ4n) is 2.79. The third kappa shape index (κ3) is 4.21. The number of carbonyl (C=O) groups is 1. The van der Waals surface area contributed by atoms with Crippen LogP contribution < -0.4 is 4.74 Å². The molecule has 1 heterocycles. The predicted octanol–water partition coefficient (Wildman–Crippen LogP) is 2.43. The second-order valence-corrected chi connectivity index (χ2v) is 5.50. The van der Waals surface area contributed by atoms with Crippen molar-refractivity contribution < 1.29 is 19.4 Å². The van der Waals surface area contributed by atoms with Crippen molar-refractivity contribution in [2.75, 3.05) is 19.8 Å². The SMILES string of the molecule is CCOC(C)Oc1cccc(C(=O)N2CCCC[C@H]2CO)c1. The van der Waals surface area contributed by atoms with Crippen molar-refractivity contribution in [2.24, 2.45) is 0 Å². The first-order chi connectivity index (χ1) is 10.7. The minimum atomic E-state index is -0.351. The van der Waals surface area contributed by atoms with Crippen LogP contribution >= 0.6 is 0 Å². The summed E-state index contributed by atoms with van der Waals surface area (Å²) in [5.74, 6) is 0.567. The maximum absolute atomic E-state index is 12.7. The molecule has 0 bridgehead atoms. The molecule has 0 saturated carbocycles. The van der Waals surface area contributed by atoms with Gasteiger partial charge in [0.05, 0.1) is 12.6 Å². The number of benzene rings is 1. The van der Waals surface area contributed by atoms with Crippen LogP contribution in [0.5, 0.6) is 5.75 Å². The van der Waals surface area contributed by atoms with Crippen molar-refractivity contribution in [3.05, 3.63) is 29.8 Å². The van der Waals surface area contributed by atoms with Gasteiger partial charge in [0, 0.05) is 18.7 Å². The van der Waals surface area contributed by atoms with E-state index >= 15 is 0 Å². The maximum Gasteiger partial charge on any atom is 0.254 e. The minimum Gasteiger partial charge on any atom is -0.465 e. The zero-order valence-corrected chi connectivity index (χ0v) is 13.3. The lowest BCUT2D eigenvalue weighted by atomic mass is 10.0. The largest absolute Gasteiger partial charge is 0.465 e. The second kappa shape index (κ2) is 8.15. The molecule has 0 aliphatic carbocycles. The molecule has 2 atom stereocenters. The lowest BCUT2D eigenvalue weighted by molar-refractivity contribution is -0.0613. The quantitative estimate of drug-likeness (QED) is 0.820. The van der Waals surface area contributed by atoms with Gasteiger partial charge in [0.2, 0.25) is 0 Å². The Balaban J connectivity index is 2.09. The summed E-state index contributed by atoms with van der Waals surface area (Å²) < 4.78 is 11.0. The van der Waals surface area contributed by atoms with E-state index in [1.165, 1.54) is 0 Å². The van der Waals surface area contributed by atoms with Crippen LogP contribution in [-0.4, -0.2) is 48.0 Å². The molecule has 5 heteroatoms. The number of carbonyl (C=O) groups excluding carboxylic acids is 1. The van der Waals surface area contributed by atoms with Gasteiger partial charge in [-0.3, -0.25) is 4.79 Å². The molecule has 0 radical (unpaired) electrons. The average Bonchev–Trinajstić information content (AvgIpc) is 2.54. The van der Waals surface area contributed by atoms with Crippen LogP contribution in [-0.2, 0) is 4.74 Å². The molecule has 5 nitrogen and oxygen atoms in total. The number of hydrogen-bond acceptors (Lipinski definition) is 4. The molecule has 1 aromatic carbocycles. The fourth-order valence-corrected chi connectivity index (χ4v) is 2.79. The third-order valence-corrected chi connectivity index (χ3v) is 3.88. The van der Waals surface area contributed by atoms with E-state index < -0.39 is 0 Å². The lowest BCUT2D eigenvalue weighted by Gasteiger charge is -2.34. The van der Waals surface area contributed by atoms with Crippen LogP contribution in [0, 0.1) is 0 Å². The van der Waals surface area contributed by atoms with E-state index in [1.807, 2.05) is 19.9 Å². The van der Waals surface area contributed by atoms with Gasteiger partial charge in [0.1, 0.15) is 5.75 Å². The van der Waals surface area contributed by atoms with E-state index in [0.717, 1.165) is 19.3 Å². The molecule has 0 aromatic heterocycles. The van der Waals surface area contributed by atoms with Crippen LogP contribution in [0.3, 0.4) is 0 Å². The highest BCUT2D eigenvalue weighted by molar-refractivity contribution is 5.94. The number of amides is 1. The van der Waals surface area contributed by atoms with Crippen molar-refractivity contribution in [1.82, 2.24) is 4.90 Å². The number of piperidine rings is 1. The number of aliphatic hydroxyl groups excluding tert-OH is 1. The Morgan fingerprint density at radius 1 is 1.45 bits per heavy atom. The first-order valence-corrected chi connectivity index (χ1v) is 7.95. The van der Waals surface area contributed by atoms with Crippen molar-refractivity contribution in [3.63, 3.8) is 0 Å². The summed E-state index contributed by atoms with van der Waals surface area (Å²) >= 11 is 0. The molecule has 22 heavy (non-hydrogen) atoms. The van der Waals surface area contributed by atoms with Crippen LogP contribution in [0.4, 0.5) is 0 Å². The summed E-state index contributed by atoms with van der Waals surface area (Å²) in [6.45, 7) is 5.02. The first-order valence-electron chi connectivity index (χ1n) is 7.95. The van der Waals surface area contributed by atoms with E-state index in [0.29, 0.717) is 24.5 Å². The summed E-state index contributed by atoms with van der Waals surface area (Å²) in [5, 5.41) is 9.45. The first kappa shape index (κ1) is 16.8. The van der Waals surface area contributed by atoms with Crippen LogP contribution in [0.15, 0.2) is 24.3 Å². The van der Waals surface area contributed by atoms with Crippen LogP contribution in [0.2, 0.25) is 0 Å². The van der Waals surface area contributed by atoms with E-state index in [-0.39, 0.29) is 24.8 Å². The number of hydrogen-bond donors (Lipinski definition) is 1. The molecule has 1 aliphatic heterocycles. The topological polar surface area (TPSA) is 59.0 Å². The Labute approximate surface area is 131 Å². The van der Waals surface area contributed by atoms with Gasteiger partial charge >= 0.3 is 0 Å². The normalized spacial score (nSPS) is 19.8. The number of rotatable bonds is 6. The third-order valence-electron chi connectivity index (χ3n) is 3.88. The maximum atomic E-state index is 12.7. The molecule has 1 saturated heterocycles. The smallest absolute Gasteiger partial charge is 0.254 e. The molecule has 1 fully saturated rings. The van der Waals surface area contributed by atoms with Gasteiger partial charge in [0.15, 0.2) is 6.29 Å². The van der Waals surface area contributed by atoms with Crippen molar-refractivity contribution >= 4 is 5.91 Å². The van der Waals surface area contributed by atoms with E-state index in [4.69, 9.17) is 9.47 Å². The van der Waals surface area contributed by atoms with E-state index in [1.54, 1.807) is 23.1 Å². The predicted molar refractivity (Wildman–Crippen MR) is 83.9 cm³/mol. The van der Waals surface area contributed by atoms with Crippen molar-refractivity contribution in [2.45, 2.75) is 45.4 Å². The van der Waals surface area contributed by atoms with Gasteiger partial charge in [-0.05, 0) is 51.3 Å². The fraction of sp³-hybridized carbons (Fsp3) is 0.588. The average molecular weight is 307 g/mol. The zero-order valence-electron chi connectivity index (χ0n) is 13.3. The summed E-state index contributed by atoms with van der Waals surface area (Å²) in [4.78, 5) is 14.4. The summed E-state index contributed by atoms with van der Waals surface area (Å²) in [5.41, 5.74) is 0.585. The Hall–Kier alpha value is -1.59. The highest BCUT2D eigenvalue weighted by Gasteiger charge is 2.27. The highest BCUT2D eigenvalue weighted by Crippen LogP contribution is 2.22. The second-order valence-electron chi connectivity index (χ2n) is 5.50. The van der Waals surface area contributed by atoms with Crippen molar-refractivity contribution in [1.29, 1.82) is 0 Å². The van der Waals surface area contributed by atoms with Crippen molar-refractivity contribution in [3.8, 4) is 5.75 Å². The van der Waals surface area contributed by atoms with Gasteiger partial charge in [-0.2, -0.15) is 0 Å². The van der Waals surface area contributed by atoms with E-state index in [2.05, 4.69) is 0 Å². The lowest BCUT2D eigenvalue weighted by Crippen LogP contribution is -2.45. The van der Waals surface area contributed by atoms with Crippen LogP contribution in [0.25, 0.3) is 0 Å². The highest BCUT2D eigenvalue weighted by atomic mass is 16.7. The molecule has 1 aromatic rings. The van der Waals surface area contributed by atoms with Gasteiger partial charge < -0.3 is 19.5 Å². The molecule has 2 rings (SSSR count). The number of likely N-dealkylation sites (tertiary alicyclic amines) is 1. The minimum absolute atomic E-state index is 0.0172. The number of nitrogens with zero attached hydrogens (tertiary/aromatic N) is 1. The Morgan fingerprint density at radius 2 is 2.27 bits per heavy atom. The molecule has 0 spiro atoms. The molecular weight excluding hydrogens is 282 g/mol. The zero-order chi connectivity index (χ0) is 15.9.